The lowest BCUT2D eigenvalue weighted by Crippen LogP contribution is -2.38. The molecule has 0 atom stereocenters. The first kappa shape index (κ1) is 28.3. The summed E-state index contributed by atoms with van der Waals surface area (Å²) in [5.74, 6) is -0.0434. The Hall–Kier alpha value is -4.69. The Balaban J connectivity index is 1.56. The second-order valence-corrected chi connectivity index (χ2v) is 11.7. The zero-order valence-electron chi connectivity index (χ0n) is 21.4. The number of carbonyl (C=O) groups is 1. The molecule has 4 aromatic rings. The molecule has 0 saturated carbocycles. The van der Waals surface area contributed by atoms with E-state index in [1.54, 1.807) is 24.3 Å². The molecule has 0 spiro atoms. The number of hydrogen-bond acceptors (Lipinski definition) is 9. The number of ether oxygens (including phenoxy) is 2. The van der Waals surface area contributed by atoms with Gasteiger partial charge in [-0.1, -0.05) is 12.1 Å². The number of hydrogen-bond donors (Lipinski definition) is 2. The molecule has 0 aliphatic rings. The van der Waals surface area contributed by atoms with E-state index in [2.05, 4.69) is 20.0 Å². The summed E-state index contributed by atoms with van der Waals surface area (Å²) >= 11 is 0. The minimum atomic E-state index is -4.22. The molecule has 0 unspecified atom stereocenters. The van der Waals surface area contributed by atoms with Gasteiger partial charge in [-0.3, -0.25) is 9.10 Å². The van der Waals surface area contributed by atoms with Gasteiger partial charge in [0.05, 0.1) is 29.7 Å². The summed E-state index contributed by atoms with van der Waals surface area (Å²) in [6.07, 6.45) is 2.79. The molecule has 2 N–H and O–H groups in total. The third-order valence-electron chi connectivity index (χ3n) is 5.53. The zero-order valence-corrected chi connectivity index (χ0v) is 23.0. The van der Waals surface area contributed by atoms with Crippen LogP contribution in [0.4, 0.5) is 17.3 Å². The number of aromatic nitrogens is 2. The maximum atomic E-state index is 13.7. The fourth-order valence-corrected chi connectivity index (χ4v) is 5.98. The van der Waals surface area contributed by atoms with Crippen LogP contribution in [0.2, 0.25) is 0 Å². The number of nitrogens with zero attached hydrogens (tertiary/aromatic N) is 3. The lowest BCUT2D eigenvalue weighted by atomic mass is 10.3. The van der Waals surface area contributed by atoms with Crippen molar-refractivity contribution in [1.82, 2.24) is 9.97 Å². The van der Waals surface area contributed by atoms with Crippen molar-refractivity contribution in [3.8, 4) is 11.5 Å². The van der Waals surface area contributed by atoms with Crippen molar-refractivity contribution in [3.63, 3.8) is 0 Å². The van der Waals surface area contributed by atoms with E-state index in [1.165, 1.54) is 81.2 Å². The summed E-state index contributed by atoms with van der Waals surface area (Å²) in [5.41, 5.74) is 0.411. The number of amides is 1. The fraction of sp³-hybridized carbons (Fsp3) is 0.115. The van der Waals surface area contributed by atoms with Gasteiger partial charge in [0.15, 0.2) is 0 Å². The lowest BCUT2D eigenvalue weighted by Gasteiger charge is -2.25. The first-order valence-corrected chi connectivity index (χ1v) is 14.6. The Labute approximate surface area is 231 Å². The smallest absolute Gasteiger partial charge is 0.264 e. The first-order chi connectivity index (χ1) is 19.1. The third kappa shape index (κ3) is 6.47. The molecular weight excluding hydrogens is 558 g/mol. The highest BCUT2D eigenvalue weighted by molar-refractivity contribution is 7.93. The van der Waals surface area contributed by atoms with Gasteiger partial charge < -0.3 is 14.8 Å². The van der Waals surface area contributed by atoms with Gasteiger partial charge in [0.25, 0.3) is 20.0 Å². The van der Waals surface area contributed by atoms with Gasteiger partial charge >= 0.3 is 0 Å². The average molecular weight is 584 g/mol. The van der Waals surface area contributed by atoms with Gasteiger partial charge in [-0.25, -0.2) is 31.5 Å². The monoisotopic (exact) mass is 583 g/mol. The molecule has 0 saturated heterocycles. The molecule has 4 rings (SSSR count). The molecule has 3 aromatic carbocycles. The maximum absolute atomic E-state index is 13.7. The van der Waals surface area contributed by atoms with Gasteiger partial charge in [-0.2, -0.15) is 0 Å². The van der Waals surface area contributed by atoms with Crippen LogP contribution in [0, 0.1) is 0 Å². The van der Waals surface area contributed by atoms with Gasteiger partial charge in [0.2, 0.25) is 11.9 Å². The highest BCUT2D eigenvalue weighted by Gasteiger charge is 2.29. The topological polar surface area (TPSA) is 157 Å². The quantitative estimate of drug-likeness (QED) is 0.271. The van der Waals surface area contributed by atoms with E-state index in [9.17, 15) is 21.6 Å². The molecule has 0 fully saturated rings. The molecule has 1 amide bonds. The summed E-state index contributed by atoms with van der Waals surface area (Å²) in [4.78, 5) is 20.6. The maximum Gasteiger partial charge on any atom is 0.264 e. The van der Waals surface area contributed by atoms with E-state index < -0.39 is 32.5 Å². The summed E-state index contributed by atoms with van der Waals surface area (Å²) < 4.78 is 66.2. The van der Waals surface area contributed by atoms with Crippen molar-refractivity contribution in [1.29, 1.82) is 0 Å². The predicted octanol–water partition coefficient (Wildman–Crippen LogP) is 3.13. The van der Waals surface area contributed by atoms with Crippen molar-refractivity contribution in [2.75, 3.05) is 35.1 Å². The van der Waals surface area contributed by atoms with E-state index in [-0.39, 0.29) is 32.9 Å². The number of anilines is 3. The Morgan fingerprint density at radius 3 is 2.05 bits per heavy atom. The second kappa shape index (κ2) is 12.0. The predicted molar refractivity (Wildman–Crippen MR) is 148 cm³/mol. The Morgan fingerprint density at radius 2 is 1.43 bits per heavy atom. The molecule has 12 nitrogen and oxygen atoms in total. The zero-order chi connectivity index (χ0) is 28.8. The second-order valence-electron chi connectivity index (χ2n) is 8.11. The van der Waals surface area contributed by atoms with Gasteiger partial charge in [0, 0.05) is 18.1 Å². The van der Waals surface area contributed by atoms with Crippen molar-refractivity contribution in [2.24, 2.45) is 0 Å². The lowest BCUT2D eigenvalue weighted by molar-refractivity contribution is -0.114. The minimum absolute atomic E-state index is 0.0588. The van der Waals surface area contributed by atoms with E-state index in [0.717, 1.165) is 4.31 Å². The molecule has 40 heavy (non-hydrogen) atoms. The SMILES string of the molecule is COc1ccc(S(=O)(=O)N(CC(=O)Nc2ccc(S(=O)(=O)Nc3ncccn3)cc2)c2ccccc2OC)cc1. The number of para-hydroxylation sites is 2. The number of methoxy groups -OCH3 is 2. The van der Waals surface area contributed by atoms with Crippen LogP contribution < -0.4 is 23.8 Å². The molecule has 0 radical (unpaired) electrons. The summed E-state index contributed by atoms with van der Waals surface area (Å²) in [5, 5.41) is 2.60. The van der Waals surface area contributed by atoms with Crippen LogP contribution in [-0.4, -0.2) is 53.5 Å². The molecule has 208 valence electrons. The molecule has 1 aromatic heterocycles. The molecule has 0 bridgehead atoms. The largest absolute Gasteiger partial charge is 0.497 e. The van der Waals surface area contributed by atoms with Crippen LogP contribution in [0.3, 0.4) is 0 Å². The Kier molecular flexibility index (Phi) is 8.50. The number of rotatable bonds is 11. The summed E-state index contributed by atoms with van der Waals surface area (Å²) in [6, 6.07) is 19.0. The minimum Gasteiger partial charge on any atom is -0.497 e. The number of benzene rings is 3. The van der Waals surface area contributed by atoms with E-state index >= 15 is 0 Å². The average Bonchev–Trinajstić information content (AvgIpc) is 2.96. The normalized spacial score (nSPS) is 11.3. The number of carbonyl (C=O) groups excluding carboxylic acids is 1. The van der Waals surface area contributed by atoms with Crippen molar-refractivity contribution in [2.45, 2.75) is 9.79 Å². The van der Waals surface area contributed by atoms with Gasteiger partial charge in [-0.05, 0) is 66.7 Å². The molecule has 1 heterocycles. The van der Waals surface area contributed by atoms with E-state index in [0.29, 0.717) is 5.75 Å². The molecule has 14 heteroatoms. The standard InChI is InChI=1S/C26H25N5O7S2/c1-37-20-10-14-22(15-11-20)40(35,36)31(23-6-3-4-7-24(23)38-2)18-25(32)29-19-8-12-21(13-9-19)39(33,34)30-26-27-16-5-17-28-26/h3-17H,18H2,1-2H3,(H,29,32)(H,27,28,30). The third-order valence-corrected chi connectivity index (χ3v) is 8.65. The van der Waals surface area contributed by atoms with Crippen molar-refractivity contribution < 1.29 is 31.1 Å². The van der Waals surface area contributed by atoms with Gasteiger partial charge in [0.1, 0.15) is 18.0 Å². The van der Waals surface area contributed by atoms with Crippen LogP contribution in [0.15, 0.2) is 101 Å². The van der Waals surface area contributed by atoms with E-state index in [4.69, 9.17) is 9.47 Å². The summed E-state index contributed by atoms with van der Waals surface area (Å²) in [7, 11) is -5.33. The van der Waals surface area contributed by atoms with Crippen LogP contribution in [0.5, 0.6) is 11.5 Å². The molecular formula is C26H25N5O7S2. The van der Waals surface area contributed by atoms with Crippen LogP contribution in [-0.2, 0) is 24.8 Å². The van der Waals surface area contributed by atoms with Crippen LogP contribution >= 0.6 is 0 Å². The van der Waals surface area contributed by atoms with Gasteiger partial charge in [-0.15, -0.1) is 0 Å². The molecule has 0 aliphatic heterocycles. The highest BCUT2D eigenvalue weighted by atomic mass is 32.2. The first-order valence-electron chi connectivity index (χ1n) is 11.6. The number of sulfonamides is 2. The molecule has 0 aliphatic carbocycles. The van der Waals surface area contributed by atoms with Crippen molar-refractivity contribution >= 4 is 43.3 Å². The fourth-order valence-electron chi connectivity index (χ4n) is 3.59. The Bertz CT molecular complexity index is 1680. The van der Waals surface area contributed by atoms with Crippen LogP contribution in [0.25, 0.3) is 0 Å². The summed E-state index contributed by atoms with van der Waals surface area (Å²) in [6.45, 7) is -0.596. The highest BCUT2D eigenvalue weighted by Crippen LogP contribution is 2.32. The van der Waals surface area contributed by atoms with Crippen molar-refractivity contribution in [3.05, 3.63) is 91.3 Å². The number of nitrogens with one attached hydrogen (secondary N) is 2. The van der Waals surface area contributed by atoms with E-state index in [1.807, 2.05) is 0 Å². The Morgan fingerprint density at radius 1 is 0.800 bits per heavy atom. The van der Waals surface area contributed by atoms with Crippen LogP contribution in [0.1, 0.15) is 0 Å².